The van der Waals surface area contributed by atoms with Crippen LogP contribution in [0.3, 0.4) is 0 Å². The van der Waals surface area contributed by atoms with E-state index in [1.54, 1.807) is 50.8 Å². The Morgan fingerprint density at radius 3 is 2.39 bits per heavy atom. The van der Waals surface area contributed by atoms with Crippen LogP contribution in [-0.4, -0.2) is 125 Å². The van der Waals surface area contributed by atoms with E-state index < -0.39 is 105 Å². The van der Waals surface area contributed by atoms with Gasteiger partial charge in [0, 0.05) is 31.9 Å². The summed E-state index contributed by atoms with van der Waals surface area (Å²) in [6, 6.07) is 2.07. The number of hydrogen-bond acceptors (Lipinski definition) is 12. The van der Waals surface area contributed by atoms with Crippen LogP contribution >= 0.6 is 0 Å². The number of halogens is 2. The molecule has 2 saturated heterocycles. The number of hydrogen-bond donors (Lipinski definition) is 3. The number of methoxy groups -OCH3 is 1. The van der Waals surface area contributed by atoms with Crippen molar-refractivity contribution >= 4 is 50.8 Å². The van der Waals surface area contributed by atoms with E-state index >= 15 is 0 Å². The number of carbonyl (C=O) groups excluding carboxylic acids is 5. The molecular weight excluding hydrogens is 833 g/mol. The second-order valence-electron chi connectivity index (χ2n) is 18.8. The van der Waals surface area contributed by atoms with Crippen molar-refractivity contribution in [3.05, 3.63) is 23.9 Å². The molecule has 0 radical (unpaired) electrons. The summed E-state index contributed by atoms with van der Waals surface area (Å²) in [4.78, 5) is 82.3. The van der Waals surface area contributed by atoms with E-state index in [0.29, 0.717) is 61.1 Å². The average molecular weight is 890 g/mol. The number of aromatic nitrogens is 2. The van der Waals surface area contributed by atoms with E-state index in [1.807, 2.05) is 4.72 Å². The number of alkyl halides is 2. The summed E-state index contributed by atoms with van der Waals surface area (Å²) in [7, 11) is -2.75. The van der Waals surface area contributed by atoms with Crippen molar-refractivity contribution in [2.24, 2.45) is 17.3 Å². The topological polar surface area (TPSA) is 216 Å². The van der Waals surface area contributed by atoms with Gasteiger partial charge in [0.05, 0.1) is 41.4 Å². The highest BCUT2D eigenvalue weighted by Gasteiger charge is 2.67. The van der Waals surface area contributed by atoms with Gasteiger partial charge < -0.3 is 34.6 Å². The molecule has 0 spiro atoms. The van der Waals surface area contributed by atoms with Crippen molar-refractivity contribution in [2.45, 2.75) is 146 Å². The fourth-order valence-electron chi connectivity index (χ4n) is 9.05. The van der Waals surface area contributed by atoms with Crippen LogP contribution in [0.4, 0.5) is 13.6 Å². The maximum Gasteiger partial charge on any atom is 0.408 e. The number of amides is 5. The number of likely N-dealkylation sites (tertiary alicyclic amines) is 1. The molecule has 1 aromatic carbocycles. The molecule has 7 rings (SSSR count). The summed E-state index contributed by atoms with van der Waals surface area (Å²) in [5, 5.41) is 5.20. The van der Waals surface area contributed by atoms with Crippen molar-refractivity contribution in [3.63, 3.8) is 0 Å². The Morgan fingerprint density at radius 2 is 1.76 bits per heavy atom. The van der Waals surface area contributed by atoms with Gasteiger partial charge >= 0.3 is 6.09 Å². The fourth-order valence-corrected chi connectivity index (χ4v) is 10.4. The third-order valence-corrected chi connectivity index (χ3v) is 15.5. The number of aryl methyl sites for hydroxylation is 1. The Morgan fingerprint density at radius 1 is 1.03 bits per heavy atom. The van der Waals surface area contributed by atoms with Gasteiger partial charge in [0.2, 0.25) is 40.1 Å². The number of rotatable bonds is 7. The average Bonchev–Trinajstić information content (AvgIpc) is 4.06. The minimum absolute atomic E-state index is 0.151. The van der Waals surface area contributed by atoms with Gasteiger partial charge in [0.25, 0.3) is 5.91 Å². The van der Waals surface area contributed by atoms with Crippen LogP contribution in [0.1, 0.15) is 98.6 Å². The molecule has 4 fully saturated rings. The largest absolute Gasteiger partial charge is 0.497 e. The maximum absolute atomic E-state index is 14.9. The van der Waals surface area contributed by atoms with Crippen molar-refractivity contribution in [1.82, 2.24) is 35.1 Å². The summed E-state index contributed by atoms with van der Waals surface area (Å²) in [6.07, 6.45) is -2.09. The van der Waals surface area contributed by atoms with Gasteiger partial charge in [-0.2, -0.15) is 0 Å². The zero-order chi connectivity index (χ0) is 45.1. The third kappa shape index (κ3) is 8.71. The lowest BCUT2D eigenvalue weighted by Crippen LogP contribution is -2.61. The Bertz CT molecular complexity index is 2240. The number of ether oxygens (including phenoxy) is 3. The first-order valence-corrected chi connectivity index (χ1v) is 22.8. The lowest BCUT2D eigenvalue weighted by Gasteiger charge is -2.36. The molecule has 62 heavy (non-hydrogen) atoms. The van der Waals surface area contributed by atoms with Crippen LogP contribution in [0.15, 0.2) is 18.2 Å². The molecular formula is C42H57F2N7O10S. The molecule has 2 unspecified atom stereocenters. The summed E-state index contributed by atoms with van der Waals surface area (Å²) in [5.41, 5.74) is -1.71. The standard InChI is InChI=1S/C42H57F2N7O10S/c1-22-31-21-51(32(22)35(53)48-42(20-25(42)34(43)44)38(55)49-62(57,58)41(6)16-17-41)37(54)33(40(3,4)5)47-39(56)61-30-15-18-50(23(2)52)29(30)12-10-8-9-11-27-36(60-31)46-28-19-24(59-7)13-14-26(28)45-27/h13-14,19,22,25,29-34H,8-12,15-18,20-21H2,1-7H3,(H,47,56)(H,48,53)(H,49,55)/t22-,25?,29+,30-,31+,32+,33-,42?/m1/s1. The Balaban J connectivity index is 1.27. The van der Waals surface area contributed by atoms with Crippen molar-refractivity contribution in [3.8, 4) is 11.6 Å². The highest BCUT2D eigenvalue weighted by Crippen LogP contribution is 2.49. The third-order valence-electron chi connectivity index (χ3n) is 13.4. The predicted octanol–water partition coefficient (Wildman–Crippen LogP) is 3.62. The highest BCUT2D eigenvalue weighted by molar-refractivity contribution is 7.91. The number of benzene rings is 1. The molecule has 4 heterocycles. The molecule has 20 heteroatoms. The van der Waals surface area contributed by atoms with Crippen LogP contribution in [-0.2, 0) is 40.4 Å². The molecule has 17 nitrogen and oxygen atoms in total. The number of carbonyl (C=O) groups is 5. The summed E-state index contributed by atoms with van der Waals surface area (Å²) in [5.74, 6) is -5.04. The molecule has 5 aliphatic rings. The number of sulfonamides is 1. The molecule has 2 bridgehead atoms. The second kappa shape index (κ2) is 16.7. The molecule has 1 aromatic heterocycles. The summed E-state index contributed by atoms with van der Waals surface area (Å²) in [6.45, 7) is 9.83. The molecule has 2 saturated carbocycles. The molecule has 5 amide bonds. The zero-order valence-electron chi connectivity index (χ0n) is 36.2. The van der Waals surface area contributed by atoms with E-state index in [4.69, 9.17) is 24.2 Å². The van der Waals surface area contributed by atoms with Crippen molar-refractivity contribution in [1.29, 1.82) is 0 Å². The van der Waals surface area contributed by atoms with Gasteiger partial charge in [-0.05, 0) is 63.0 Å². The Hall–Kier alpha value is -4.88. The molecule has 2 aromatic rings. The minimum Gasteiger partial charge on any atom is -0.497 e. The lowest BCUT2D eigenvalue weighted by molar-refractivity contribution is -0.143. The van der Waals surface area contributed by atoms with E-state index in [1.165, 1.54) is 25.9 Å². The van der Waals surface area contributed by atoms with Crippen LogP contribution in [0.5, 0.6) is 11.6 Å². The molecule has 8 atom stereocenters. The van der Waals surface area contributed by atoms with Crippen LogP contribution in [0, 0.1) is 17.3 Å². The van der Waals surface area contributed by atoms with E-state index in [9.17, 15) is 41.2 Å². The smallest absolute Gasteiger partial charge is 0.408 e. The van der Waals surface area contributed by atoms with E-state index in [0.717, 1.165) is 6.42 Å². The van der Waals surface area contributed by atoms with Gasteiger partial charge in [0.15, 0.2) is 0 Å². The Labute approximate surface area is 359 Å². The van der Waals surface area contributed by atoms with Crippen LogP contribution < -0.4 is 24.8 Å². The monoisotopic (exact) mass is 889 g/mol. The first-order chi connectivity index (χ1) is 29.1. The lowest BCUT2D eigenvalue weighted by atomic mass is 9.85. The van der Waals surface area contributed by atoms with Gasteiger partial charge in [0.1, 0.15) is 41.3 Å². The fraction of sp³-hybridized carbons (Fsp3) is 0.690. The van der Waals surface area contributed by atoms with Crippen molar-refractivity contribution in [2.75, 3.05) is 20.2 Å². The van der Waals surface area contributed by atoms with Crippen molar-refractivity contribution < 1.29 is 55.4 Å². The van der Waals surface area contributed by atoms with Crippen LogP contribution in [0.25, 0.3) is 11.0 Å². The number of fused-ring (bicyclic) bond motifs is 5. The first kappa shape index (κ1) is 45.2. The maximum atomic E-state index is 14.9. The molecule has 340 valence electrons. The minimum atomic E-state index is -4.27. The summed E-state index contributed by atoms with van der Waals surface area (Å²) < 4.78 is 73.7. The van der Waals surface area contributed by atoms with E-state index in [2.05, 4.69) is 10.6 Å². The molecule has 2 aliphatic carbocycles. The highest BCUT2D eigenvalue weighted by atomic mass is 32.2. The van der Waals surface area contributed by atoms with E-state index in [-0.39, 0.29) is 31.2 Å². The number of alkyl carbamates (subject to hydrolysis) is 1. The van der Waals surface area contributed by atoms with Crippen LogP contribution in [0.2, 0.25) is 0 Å². The molecule has 3 N–H and O–H groups in total. The quantitative estimate of drug-likeness (QED) is 0.364. The number of nitrogens with zero attached hydrogens (tertiary/aromatic N) is 4. The number of nitrogens with one attached hydrogen (secondary N) is 3. The second-order valence-corrected chi connectivity index (χ2v) is 21.0. The predicted molar refractivity (Wildman–Crippen MR) is 219 cm³/mol. The van der Waals surface area contributed by atoms with Gasteiger partial charge in [-0.25, -0.2) is 32.0 Å². The molecule has 3 aliphatic heterocycles. The SMILES string of the molecule is COc1ccc2nc3c(nc2c1)O[C@H]1CN(C(=O)[C@H](C(C)(C)C)NC(=O)O[C@@H]2CCN(C(C)=O)[C@H]2CCCCC3)[C@H](C(=O)NC2(C(=O)NS(=O)(=O)C3(C)CC3)CC2C(F)F)[C@@H]1C. The normalized spacial score (nSPS) is 30.2. The van der Waals surface area contributed by atoms with Gasteiger partial charge in [-0.1, -0.05) is 40.5 Å². The first-order valence-electron chi connectivity index (χ1n) is 21.3. The zero-order valence-corrected chi connectivity index (χ0v) is 37.0. The van der Waals surface area contributed by atoms with Gasteiger partial charge in [-0.3, -0.25) is 23.9 Å². The Kier molecular flexibility index (Phi) is 12.1. The summed E-state index contributed by atoms with van der Waals surface area (Å²) >= 11 is 0. The van der Waals surface area contributed by atoms with Gasteiger partial charge in [-0.15, -0.1) is 0 Å².